The molecule has 0 heterocycles. The van der Waals surface area contributed by atoms with E-state index in [0.717, 1.165) is 24.9 Å². The lowest BCUT2D eigenvalue weighted by Crippen LogP contribution is -2.35. The van der Waals surface area contributed by atoms with Crippen LogP contribution in [0.2, 0.25) is 0 Å². The molecule has 0 bridgehead atoms. The van der Waals surface area contributed by atoms with Crippen LogP contribution in [-0.4, -0.2) is 5.91 Å². The number of hydrogen-bond acceptors (Lipinski definition) is 1. The molecule has 1 fully saturated rings. The van der Waals surface area contributed by atoms with Gasteiger partial charge in [-0.05, 0) is 72.0 Å². The highest BCUT2D eigenvalue weighted by atomic mass is 127. The maximum absolute atomic E-state index is 12.6. The van der Waals surface area contributed by atoms with Crippen LogP contribution < -0.4 is 5.32 Å². The highest BCUT2D eigenvalue weighted by Gasteiger charge is 2.41. The SMILES string of the molecule is CC(C)CC1(C(=O)Nc2ccc(I)cc2)CCCC1. The molecule has 0 aromatic heterocycles. The van der Waals surface area contributed by atoms with Crippen molar-refractivity contribution in [3.8, 4) is 0 Å². The monoisotopic (exact) mass is 371 g/mol. The van der Waals surface area contributed by atoms with Gasteiger partial charge in [-0.25, -0.2) is 0 Å². The van der Waals surface area contributed by atoms with Crippen LogP contribution in [0.3, 0.4) is 0 Å². The fourth-order valence-electron chi connectivity index (χ4n) is 3.15. The quantitative estimate of drug-likeness (QED) is 0.755. The lowest BCUT2D eigenvalue weighted by Gasteiger charge is -2.29. The van der Waals surface area contributed by atoms with Crippen LogP contribution >= 0.6 is 22.6 Å². The van der Waals surface area contributed by atoms with Crippen LogP contribution in [0.4, 0.5) is 5.69 Å². The van der Waals surface area contributed by atoms with Crippen LogP contribution in [0.15, 0.2) is 24.3 Å². The van der Waals surface area contributed by atoms with Gasteiger partial charge in [0.15, 0.2) is 0 Å². The standard InChI is InChI=1S/C16H22INO/c1-12(2)11-16(9-3-4-10-16)15(19)18-14-7-5-13(17)6-8-14/h5-8,12H,3-4,9-11H2,1-2H3,(H,18,19). The summed E-state index contributed by atoms with van der Waals surface area (Å²) in [6.07, 6.45) is 5.46. The number of rotatable bonds is 4. The van der Waals surface area contributed by atoms with Gasteiger partial charge in [-0.1, -0.05) is 26.7 Å². The van der Waals surface area contributed by atoms with Gasteiger partial charge in [-0.2, -0.15) is 0 Å². The van der Waals surface area contributed by atoms with Gasteiger partial charge in [-0.3, -0.25) is 4.79 Å². The largest absolute Gasteiger partial charge is 0.326 e. The van der Waals surface area contributed by atoms with E-state index in [9.17, 15) is 4.79 Å². The Balaban J connectivity index is 2.09. The summed E-state index contributed by atoms with van der Waals surface area (Å²) in [5.74, 6) is 0.792. The molecule has 2 rings (SSSR count). The summed E-state index contributed by atoms with van der Waals surface area (Å²) in [4.78, 5) is 12.6. The van der Waals surface area contributed by atoms with Crippen LogP contribution in [0, 0.1) is 14.9 Å². The fourth-order valence-corrected chi connectivity index (χ4v) is 3.51. The van der Waals surface area contributed by atoms with E-state index in [1.54, 1.807) is 0 Å². The van der Waals surface area contributed by atoms with E-state index in [0.29, 0.717) is 5.92 Å². The van der Waals surface area contributed by atoms with Crippen molar-refractivity contribution in [1.29, 1.82) is 0 Å². The number of carbonyl (C=O) groups is 1. The minimum absolute atomic E-state index is 0.128. The van der Waals surface area contributed by atoms with Crippen LogP contribution in [0.1, 0.15) is 46.0 Å². The van der Waals surface area contributed by atoms with Crippen LogP contribution in [0.5, 0.6) is 0 Å². The normalized spacial score (nSPS) is 17.7. The van der Waals surface area contributed by atoms with Gasteiger partial charge in [0.2, 0.25) is 5.91 Å². The van der Waals surface area contributed by atoms with E-state index in [4.69, 9.17) is 0 Å². The van der Waals surface area contributed by atoms with Crippen LogP contribution in [0.25, 0.3) is 0 Å². The Kier molecular flexibility index (Phi) is 4.87. The van der Waals surface area contributed by atoms with Crippen molar-refractivity contribution < 1.29 is 4.79 Å². The Labute approximate surface area is 129 Å². The Morgan fingerprint density at radius 3 is 2.37 bits per heavy atom. The Morgan fingerprint density at radius 1 is 1.26 bits per heavy atom. The van der Waals surface area contributed by atoms with Gasteiger partial charge in [-0.15, -0.1) is 0 Å². The number of benzene rings is 1. The lowest BCUT2D eigenvalue weighted by molar-refractivity contribution is -0.126. The number of hydrogen-bond donors (Lipinski definition) is 1. The Bertz CT molecular complexity index is 433. The molecule has 1 aromatic carbocycles. The van der Waals surface area contributed by atoms with E-state index in [-0.39, 0.29) is 11.3 Å². The first kappa shape index (κ1) is 14.8. The highest BCUT2D eigenvalue weighted by molar-refractivity contribution is 14.1. The maximum Gasteiger partial charge on any atom is 0.230 e. The topological polar surface area (TPSA) is 29.1 Å². The fraction of sp³-hybridized carbons (Fsp3) is 0.562. The minimum atomic E-state index is -0.128. The van der Waals surface area contributed by atoms with Crippen molar-refractivity contribution in [1.82, 2.24) is 0 Å². The summed E-state index contributed by atoms with van der Waals surface area (Å²) in [7, 11) is 0. The Morgan fingerprint density at radius 2 is 1.84 bits per heavy atom. The molecule has 1 aliphatic carbocycles. The smallest absolute Gasteiger partial charge is 0.230 e. The van der Waals surface area contributed by atoms with Crippen molar-refractivity contribution in [2.24, 2.45) is 11.3 Å². The molecule has 0 radical (unpaired) electrons. The average Bonchev–Trinajstić information content (AvgIpc) is 2.81. The number of carbonyl (C=O) groups excluding carboxylic acids is 1. The van der Waals surface area contributed by atoms with E-state index < -0.39 is 0 Å². The summed E-state index contributed by atoms with van der Waals surface area (Å²) in [6.45, 7) is 4.41. The summed E-state index contributed by atoms with van der Waals surface area (Å²) in [5.41, 5.74) is 0.789. The van der Waals surface area contributed by atoms with Crippen molar-refractivity contribution in [2.75, 3.05) is 5.32 Å². The molecule has 1 aliphatic rings. The van der Waals surface area contributed by atoms with Crippen molar-refractivity contribution in [3.63, 3.8) is 0 Å². The number of amides is 1. The van der Waals surface area contributed by atoms with Gasteiger partial charge in [0.05, 0.1) is 0 Å². The second kappa shape index (κ2) is 6.25. The zero-order chi connectivity index (χ0) is 13.9. The molecule has 19 heavy (non-hydrogen) atoms. The second-order valence-electron chi connectivity index (χ2n) is 6.05. The van der Waals surface area contributed by atoms with Gasteiger partial charge >= 0.3 is 0 Å². The molecule has 1 aromatic rings. The van der Waals surface area contributed by atoms with Crippen LogP contribution in [-0.2, 0) is 4.79 Å². The molecular weight excluding hydrogens is 349 g/mol. The molecule has 3 heteroatoms. The van der Waals surface area contributed by atoms with Gasteiger partial charge in [0.25, 0.3) is 0 Å². The summed E-state index contributed by atoms with van der Waals surface area (Å²) in [5, 5.41) is 3.12. The van der Waals surface area contributed by atoms with E-state index in [2.05, 4.69) is 41.8 Å². The molecule has 1 amide bonds. The first-order valence-electron chi connectivity index (χ1n) is 7.09. The maximum atomic E-state index is 12.6. The number of halogens is 1. The van der Waals surface area contributed by atoms with Gasteiger partial charge in [0, 0.05) is 14.7 Å². The van der Waals surface area contributed by atoms with E-state index in [1.165, 1.54) is 16.4 Å². The minimum Gasteiger partial charge on any atom is -0.326 e. The van der Waals surface area contributed by atoms with E-state index >= 15 is 0 Å². The van der Waals surface area contributed by atoms with Crippen molar-refractivity contribution >= 4 is 34.2 Å². The van der Waals surface area contributed by atoms with Crippen molar-refractivity contribution in [2.45, 2.75) is 46.0 Å². The molecule has 1 N–H and O–H groups in total. The first-order valence-corrected chi connectivity index (χ1v) is 8.17. The third kappa shape index (κ3) is 3.71. The summed E-state index contributed by atoms with van der Waals surface area (Å²) >= 11 is 2.27. The molecule has 0 saturated heterocycles. The number of nitrogens with one attached hydrogen (secondary N) is 1. The molecule has 1 saturated carbocycles. The predicted molar refractivity (Wildman–Crippen MR) is 88.1 cm³/mol. The predicted octanol–water partition coefficient (Wildman–Crippen LogP) is 4.84. The molecule has 0 aliphatic heterocycles. The zero-order valence-electron chi connectivity index (χ0n) is 11.7. The van der Waals surface area contributed by atoms with Gasteiger partial charge < -0.3 is 5.32 Å². The third-order valence-electron chi connectivity index (χ3n) is 3.94. The highest BCUT2D eigenvalue weighted by Crippen LogP contribution is 2.44. The molecule has 0 unspecified atom stereocenters. The third-order valence-corrected chi connectivity index (χ3v) is 4.66. The number of anilines is 1. The molecule has 104 valence electrons. The van der Waals surface area contributed by atoms with Gasteiger partial charge in [0.1, 0.15) is 0 Å². The summed E-state index contributed by atoms with van der Waals surface area (Å²) in [6, 6.07) is 8.02. The lowest BCUT2D eigenvalue weighted by atomic mass is 9.77. The first-order chi connectivity index (χ1) is 9.02. The molecule has 2 nitrogen and oxygen atoms in total. The second-order valence-corrected chi connectivity index (χ2v) is 7.29. The van der Waals surface area contributed by atoms with Crippen molar-refractivity contribution in [3.05, 3.63) is 27.8 Å². The molecule has 0 atom stereocenters. The van der Waals surface area contributed by atoms with E-state index in [1.807, 2.05) is 24.3 Å². The molecule has 0 spiro atoms. The molecular formula is C16H22INO. The zero-order valence-corrected chi connectivity index (χ0v) is 13.9. The average molecular weight is 371 g/mol. The summed E-state index contributed by atoms with van der Waals surface area (Å²) < 4.78 is 1.19. The Hall–Kier alpha value is -0.580.